The Morgan fingerprint density at radius 2 is 1.96 bits per heavy atom. The van der Waals surface area contributed by atoms with Crippen LogP contribution in [-0.2, 0) is 9.59 Å². The highest BCUT2D eigenvalue weighted by Crippen LogP contribution is 2.31. The van der Waals surface area contributed by atoms with Crippen molar-refractivity contribution in [1.82, 2.24) is 10.2 Å². The molecule has 1 N–H and O–H groups in total. The second kappa shape index (κ2) is 7.46. The van der Waals surface area contributed by atoms with E-state index in [1.165, 1.54) is 12.8 Å². The number of carbonyl (C=O) groups excluding carboxylic acids is 2. The fraction of sp³-hybridized carbons (Fsp3) is 0.529. The maximum absolute atomic E-state index is 12.0. The van der Waals surface area contributed by atoms with E-state index in [2.05, 4.69) is 10.2 Å². The molecule has 0 bridgehead atoms. The van der Waals surface area contributed by atoms with Crippen molar-refractivity contribution in [3.8, 4) is 5.75 Å². The highest BCUT2D eigenvalue weighted by Gasteiger charge is 2.25. The number of likely N-dealkylation sites (tertiary alicyclic amines) is 1. The molecule has 0 aromatic heterocycles. The summed E-state index contributed by atoms with van der Waals surface area (Å²) in [5, 5.41) is 2.94. The highest BCUT2D eigenvalue weighted by atomic mass is 16.5. The third-order valence-electron chi connectivity index (χ3n) is 4.32. The number of nitrogens with one attached hydrogen (secondary N) is 1. The monoisotopic (exact) mass is 317 g/mol. The maximum Gasteiger partial charge on any atom is 0.265 e. The molecular weight excluding hydrogens is 294 g/mol. The summed E-state index contributed by atoms with van der Waals surface area (Å²) < 4.78 is 5.40. The normalized spacial score (nSPS) is 17.7. The average molecular weight is 317 g/mol. The first kappa shape index (κ1) is 15.8. The van der Waals surface area contributed by atoms with E-state index in [0.717, 1.165) is 25.3 Å². The minimum absolute atomic E-state index is 0.0130. The van der Waals surface area contributed by atoms with Crippen LogP contribution in [0.2, 0.25) is 0 Å². The van der Waals surface area contributed by atoms with Crippen molar-refractivity contribution in [3.05, 3.63) is 24.3 Å². The predicted octanol–water partition coefficient (Wildman–Crippen LogP) is 1.01. The average Bonchev–Trinajstić information content (AvgIpc) is 3.07. The fourth-order valence-electron chi connectivity index (χ4n) is 3.06. The fourth-order valence-corrected chi connectivity index (χ4v) is 3.06. The van der Waals surface area contributed by atoms with Gasteiger partial charge in [0.1, 0.15) is 5.75 Å². The van der Waals surface area contributed by atoms with Gasteiger partial charge in [-0.05, 0) is 38.1 Å². The molecule has 1 saturated heterocycles. The van der Waals surface area contributed by atoms with E-state index in [-0.39, 0.29) is 18.4 Å². The summed E-state index contributed by atoms with van der Waals surface area (Å²) in [6, 6.07) is 7.42. The zero-order chi connectivity index (χ0) is 16.1. The third kappa shape index (κ3) is 4.01. The van der Waals surface area contributed by atoms with Crippen LogP contribution in [0.15, 0.2) is 24.3 Å². The Kier molecular flexibility index (Phi) is 5.12. The summed E-state index contributed by atoms with van der Waals surface area (Å²) in [7, 11) is 0. The Morgan fingerprint density at radius 1 is 1.17 bits per heavy atom. The molecule has 2 heterocycles. The van der Waals surface area contributed by atoms with Gasteiger partial charge in [-0.3, -0.25) is 9.59 Å². The van der Waals surface area contributed by atoms with Gasteiger partial charge in [0.15, 0.2) is 6.61 Å². The van der Waals surface area contributed by atoms with Crippen molar-refractivity contribution in [1.29, 1.82) is 0 Å². The molecule has 6 heteroatoms. The van der Waals surface area contributed by atoms with Crippen LogP contribution in [0.4, 0.5) is 5.69 Å². The minimum Gasteiger partial charge on any atom is -0.482 e. The number of hydrogen-bond acceptors (Lipinski definition) is 4. The van der Waals surface area contributed by atoms with E-state index in [9.17, 15) is 9.59 Å². The van der Waals surface area contributed by atoms with Crippen LogP contribution in [0.5, 0.6) is 5.75 Å². The van der Waals surface area contributed by atoms with Crippen LogP contribution in [0.25, 0.3) is 0 Å². The number of para-hydroxylation sites is 2. The molecule has 0 spiro atoms. The number of hydrogen-bond donors (Lipinski definition) is 1. The van der Waals surface area contributed by atoms with Crippen molar-refractivity contribution < 1.29 is 14.3 Å². The molecule has 1 aromatic rings. The summed E-state index contributed by atoms with van der Waals surface area (Å²) in [6.07, 6.45) is 2.82. The quantitative estimate of drug-likeness (QED) is 0.851. The Hall–Kier alpha value is -2.08. The van der Waals surface area contributed by atoms with Crippen LogP contribution in [0.3, 0.4) is 0 Å². The topological polar surface area (TPSA) is 61.9 Å². The molecule has 6 nitrogen and oxygen atoms in total. The van der Waals surface area contributed by atoms with Crippen molar-refractivity contribution >= 4 is 17.5 Å². The zero-order valence-corrected chi connectivity index (χ0v) is 13.3. The molecule has 0 radical (unpaired) electrons. The molecule has 0 aliphatic carbocycles. The maximum atomic E-state index is 12.0. The van der Waals surface area contributed by atoms with Gasteiger partial charge < -0.3 is 19.9 Å². The van der Waals surface area contributed by atoms with E-state index in [4.69, 9.17) is 4.74 Å². The number of amides is 2. The standard InChI is InChI=1S/C17H23N3O3/c21-16(18-8-12-19-9-3-4-10-19)7-11-20-14-5-1-2-6-15(14)23-13-17(20)22/h1-2,5-6H,3-4,7-13H2,(H,18,21). The van der Waals surface area contributed by atoms with Gasteiger partial charge in [-0.25, -0.2) is 0 Å². The molecule has 0 unspecified atom stereocenters. The van der Waals surface area contributed by atoms with Crippen LogP contribution in [0, 0.1) is 0 Å². The van der Waals surface area contributed by atoms with Gasteiger partial charge in [-0.2, -0.15) is 0 Å². The van der Waals surface area contributed by atoms with Gasteiger partial charge in [0.2, 0.25) is 5.91 Å². The van der Waals surface area contributed by atoms with Crippen molar-refractivity contribution in [2.45, 2.75) is 19.3 Å². The molecule has 1 fully saturated rings. The van der Waals surface area contributed by atoms with Gasteiger partial charge in [0.05, 0.1) is 5.69 Å². The molecule has 0 saturated carbocycles. The van der Waals surface area contributed by atoms with Crippen molar-refractivity contribution in [2.24, 2.45) is 0 Å². The van der Waals surface area contributed by atoms with Gasteiger partial charge in [0, 0.05) is 26.1 Å². The lowest BCUT2D eigenvalue weighted by Gasteiger charge is -2.29. The van der Waals surface area contributed by atoms with E-state index in [1.807, 2.05) is 24.3 Å². The van der Waals surface area contributed by atoms with E-state index < -0.39 is 0 Å². The van der Waals surface area contributed by atoms with E-state index >= 15 is 0 Å². The van der Waals surface area contributed by atoms with Crippen LogP contribution < -0.4 is 15.0 Å². The summed E-state index contributed by atoms with van der Waals surface area (Å²) in [5.41, 5.74) is 0.744. The third-order valence-corrected chi connectivity index (χ3v) is 4.32. The summed E-state index contributed by atoms with van der Waals surface area (Å²) in [4.78, 5) is 28.0. The number of fused-ring (bicyclic) bond motifs is 1. The van der Waals surface area contributed by atoms with Crippen molar-refractivity contribution in [2.75, 3.05) is 44.2 Å². The van der Waals surface area contributed by atoms with E-state index in [1.54, 1.807) is 4.90 Å². The number of nitrogens with zero attached hydrogens (tertiary/aromatic N) is 2. The largest absolute Gasteiger partial charge is 0.482 e. The Labute approximate surface area is 136 Å². The number of anilines is 1. The smallest absolute Gasteiger partial charge is 0.265 e. The molecule has 2 aliphatic heterocycles. The first-order chi connectivity index (χ1) is 11.2. The lowest BCUT2D eigenvalue weighted by atomic mass is 10.2. The van der Waals surface area contributed by atoms with Gasteiger partial charge in [-0.15, -0.1) is 0 Å². The highest BCUT2D eigenvalue weighted by molar-refractivity contribution is 5.98. The lowest BCUT2D eigenvalue weighted by molar-refractivity contribution is -0.122. The molecule has 124 valence electrons. The van der Waals surface area contributed by atoms with E-state index in [0.29, 0.717) is 25.3 Å². The molecule has 0 atom stereocenters. The molecule has 2 aliphatic rings. The number of benzene rings is 1. The van der Waals surface area contributed by atoms with Crippen molar-refractivity contribution in [3.63, 3.8) is 0 Å². The lowest BCUT2D eigenvalue weighted by Crippen LogP contribution is -2.41. The second-order valence-electron chi connectivity index (χ2n) is 5.95. The van der Waals surface area contributed by atoms with Crippen LogP contribution in [0.1, 0.15) is 19.3 Å². The Bertz CT molecular complexity index is 570. The molecular formula is C17H23N3O3. The van der Waals surface area contributed by atoms with Gasteiger partial charge in [0.25, 0.3) is 5.91 Å². The first-order valence-electron chi connectivity index (χ1n) is 8.25. The summed E-state index contributed by atoms with van der Waals surface area (Å²) in [6.45, 7) is 4.27. The van der Waals surface area contributed by atoms with Gasteiger partial charge in [-0.1, -0.05) is 12.1 Å². The summed E-state index contributed by atoms with van der Waals surface area (Å²) in [5.74, 6) is 0.580. The first-order valence-corrected chi connectivity index (χ1v) is 8.25. The zero-order valence-electron chi connectivity index (χ0n) is 13.3. The molecule has 2 amide bonds. The molecule has 23 heavy (non-hydrogen) atoms. The minimum atomic E-state index is -0.103. The van der Waals surface area contributed by atoms with Gasteiger partial charge >= 0.3 is 0 Å². The Balaban J connectivity index is 1.45. The number of rotatable bonds is 6. The van der Waals surface area contributed by atoms with Crippen LogP contribution in [-0.4, -0.2) is 56.0 Å². The summed E-state index contributed by atoms with van der Waals surface area (Å²) >= 11 is 0. The predicted molar refractivity (Wildman–Crippen MR) is 87.6 cm³/mol. The number of carbonyl (C=O) groups is 2. The SMILES string of the molecule is O=C(CCN1C(=O)COc2ccccc21)NCCN1CCCC1. The second-order valence-corrected chi connectivity index (χ2v) is 5.95. The van der Waals surface area contributed by atoms with Crippen LogP contribution >= 0.6 is 0 Å². The Morgan fingerprint density at radius 3 is 2.78 bits per heavy atom. The number of ether oxygens (including phenoxy) is 1. The molecule has 1 aromatic carbocycles. The molecule has 3 rings (SSSR count).